The summed E-state index contributed by atoms with van der Waals surface area (Å²) in [5.41, 5.74) is 1.68. The number of aromatic nitrogens is 2. The smallest absolute Gasteiger partial charge is 0.226 e. The van der Waals surface area contributed by atoms with Gasteiger partial charge in [-0.25, -0.2) is 14.4 Å². The molecule has 0 saturated carbocycles. The summed E-state index contributed by atoms with van der Waals surface area (Å²) in [7, 11) is 0. The van der Waals surface area contributed by atoms with Crippen molar-refractivity contribution in [1.82, 2.24) is 14.9 Å². The van der Waals surface area contributed by atoms with Gasteiger partial charge in [0.2, 0.25) is 5.91 Å². The van der Waals surface area contributed by atoms with Gasteiger partial charge in [0.15, 0.2) is 0 Å². The van der Waals surface area contributed by atoms with E-state index < -0.39 is 5.67 Å². The number of nitrogens with one attached hydrogen (secondary N) is 1. The molecule has 1 aromatic heterocycles. The van der Waals surface area contributed by atoms with E-state index in [0.717, 1.165) is 16.8 Å². The number of amides is 1. The Morgan fingerprint density at radius 1 is 1.19 bits per heavy atom. The number of carbonyl (C=O) groups is 1. The summed E-state index contributed by atoms with van der Waals surface area (Å²) in [5, 5.41) is 3.10. The topological polar surface area (TPSA) is 58.1 Å². The third-order valence-electron chi connectivity index (χ3n) is 5.00. The van der Waals surface area contributed by atoms with Crippen LogP contribution in [0, 0.1) is 20.8 Å². The molecule has 2 heterocycles. The second kappa shape index (κ2) is 8.03. The van der Waals surface area contributed by atoms with Gasteiger partial charge in [-0.3, -0.25) is 4.79 Å². The van der Waals surface area contributed by atoms with Crippen LogP contribution in [0.4, 0.5) is 10.2 Å². The van der Waals surface area contributed by atoms with Crippen molar-refractivity contribution in [3.63, 3.8) is 0 Å². The average Bonchev–Trinajstić information content (AvgIpc) is 2.60. The van der Waals surface area contributed by atoms with Crippen molar-refractivity contribution in [3.8, 4) is 0 Å². The number of benzene rings is 1. The minimum atomic E-state index is -1.33. The highest BCUT2D eigenvalue weighted by Crippen LogP contribution is 2.27. The van der Waals surface area contributed by atoms with Crippen LogP contribution in [0.25, 0.3) is 0 Å². The first-order valence-corrected chi connectivity index (χ1v) is 9.41. The molecule has 1 saturated heterocycles. The molecule has 0 atom stereocenters. The molecular weight excluding hydrogens is 343 g/mol. The molecule has 27 heavy (non-hydrogen) atoms. The Morgan fingerprint density at radius 3 is 2.59 bits per heavy atom. The molecule has 5 nitrogen and oxygen atoms in total. The lowest BCUT2D eigenvalue weighted by atomic mass is 9.92. The van der Waals surface area contributed by atoms with E-state index in [1.54, 1.807) is 4.90 Å². The van der Waals surface area contributed by atoms with E-state index in [0.29, 0.717) is 44.0 Å². The number of halogens is 1. The van der Waals surface area contributed by atoms with Crippen molar-refractivity contribution >= 4 is 11.7 Å². The number of alkyl halides is 1. The molecule has 0 spiro atoms. The molecule has 1 aliphatic rings. The Hall–Kier alpha value is -2.50. The highest BCUT2D eigenvalue weighted by molar-refractivity contribution is 5.79. The van der Waals surface area contributed by atoms with Crippen LogP contribution in [0.2, 0.25) is 0 Å². The normalized spacial score (nSPS) is 16.2. The zero-order valence-electron chi connectivity index (χ0n) is 16.3. The van der Waals surface area contributed by atoms with Gasteiger partial charge in [-0.1, -0.05) is 29.8 Å². The molecule has 0 aliphatic carbocycles. The van der Waals surface area contributed by atoms with Crippen molar-refractivity contribution in [2.24, 2.45) is 0 Å². The Kier molecular flexibility index (Phi) is 5.73. The van der Waals surface area contributed by atoms with Crippen molar-refractivity contribution in [2.75, 3.05) is 25.0 Å². The first-order chi connectivity index (χ1) is 12.8. The summed E-state index contributed by atoms with van der Waals surface area (Å²) < 4.78 is 15.1. The highest BCUT2D eigenvalue weighted by Gasteiger charge is 2.35. The van der Waals surface area contributed by atoms with Crippen LogP contribution in [0.3, 0.4) is 0 Å². The largest absolute Gasteiger partial charge is 0.367 e. The SMILES string of the molecule is Cc1cccc(CC(=O)N2CCC(F)(CNc3cc(C)nc(C)n3)CC2)c1. The third-order valence-corrected chi connectivity index (χ3v) is 5.00. The van der Waals surface area contributed by atoms with Crippen LogP contribution >= 0.6 is 0 Å². The standard InChI is InChI=1S/C21H27FN4O/c1-15-5-4-6-18(11-15)13-20(27)26-9-7-21(22,8-10-26)14-23-19-12-16(2)24-17(3)25-19/h4-6,11-12H,7-10,13-14H2,1-3H3,(H,23,24,25). The van der Waals surface area contributed by atoms with Crippen molar-refractivity contribution in [2.45, 2.75) is 45.7 Å². The summed E-state index contributed by atoms with van der Waals surface area (Å²) in [6.07, 6.45) is 1.05. The molecule has 1 aliphatic heterocycles. The number of nitrogens with zero attached hydrogens (tertiary/aromatic N) is 3. The van der Waals surface area contributed by atoms with Gasteiger partial charge in [-0.15, -0.1) is 0 Å². The molecule has 144 valence electrons. The van der Waals surface area contributed by atoms with E-state index in [9.17, 15) is 4.79 Å². The van der Waals surface area contributed by atoms with Crippen LogP contribution < -0.4 is 5.32 Å². The third kappa shape index (κ3) is 5.25. The fourth-order valence-electron chi connectivity index (χ4n) is 3.50. The van der Waals surface area contributed by atoms with Crippen molar-refractivity contribution in [3.05, 3.63) is 53.0 Å². The van der Waals surface area contributed by atoms with Crippen molar-refractivity contribution in [1.29, 1.82) is 0 Å². The summed E-state index contributed by atoms with van der Waals surface area (Å²) in [4.78, 5) is 22.8. The maximum Gasteiger partial charge on any atom is 0.226 e. The van der Waals surface area contributed by atoms with Gasteiger partial charge in [-0.2, -0.15) is 0 Å². The predicted octanol–water partition coefficient (Wildman–Crippen LogP) is 3.39. The van der Waals surface area contributed by atoms with E-state index in [4.69, 9.17) is 0 Å². The van der Waals surface area contributed by atoms with Gasteiger partial charge >= 0.3 is 0 Å². The second-order valence-electron chi connectivity index (χ2n) is 7.49. The Labute approximate surface area is 160 Å². The van der Waals surface area contributed by atoms with Crippen LogP contribution in [-0.2, 0) is 11.2 Å². The zero-order chi connectivity index (χ0) is 19.4. The summed E-state index contributed by atoms with van der Waals surface area (Å²) in [5.74, 6) is 1.38. The molecule has 0 bridgehead atoms. The Balaban J connectivity index is 1.51. The lowest BCUT2D eigenvalue weighted by Crippen LogP contribution is -2.48. The van der Waals surface area contributed by atoms with Gasteiger partial charge in [0, 0.05) is 37.7 Å². The molecule has 1 aromatic carbocycles. The average molecular weight is 370 g/mol. The Morgan fingerprint density at radius 2 is 1.93 bits per heavy atom. The second-order valence-corrected chi connectivity index (χ2v) is 7.49. The monoisotopic (exact) mass is 370 g/mol. The van der Waals surface area contributed by atoms with Crippen molar-refractivity contribution < 1.29 is 9.18 Å². The van der Waals surface area contributed by atoms with E-state index in [1.807, 2.05) is 51.1 Å². The van der Waals surface area contributed by atoms with Gasteiger partial charge < -0.3 is 10.2 Å². The number of likely N-dealkylation sites (tertiary alicyclic amines) is 1. The van der Waals surface area contributed by atoms with Gasteiger partial charge in [-0.05, 0) is 26.3 Å². The number of hydrogen-bond donors (Lipinski definition) is 1. The summed E-state index contributed by atoms with van der Waals surface area (Å²) >= 11 is 0. The van der Waals surface area contributed by atoms with Crippen LogP contribution in [0.5, 0.6) is 0 Å². The van der Waals surface area contributed by atoms with Crippen LogP contribution in [0.15, 0.2) is 30.3 Å². The minimum absolute atomic E-state index is 0.0673. The lowest BCUT2D eigenvalue weighted by Gasteiger charge is -2.36. The highest BCUT2D eigenvalue weighted by atomic mass is 19.1. The fourth-order valence-corrected chi connectivity index (χ4v) is 3.50. The van der Waals surface area contributed by atoms with Gasteiger partial charge in [0.05, 0.1) is 13.0 Å². The molecule has 0 unspecified atom stereocenters. The molecule has 1 amide bonds. The Bertz CT molecular complexity index is 795. The summed E-state index contributed by atoms with van der Waals surface area (Å²) in [6.45, 7) is 6.82. The van der Waals surface area contributed by atoms with Gasteiger partial charge in [0.1, 0.15) is 17.3 Å². The number of anilines is 1. The maximum atomic E-state index is 15.1. The molecule has 2 aromatic rings. The van der Waals surface area contributed by atoms with Gasteiger partial charge in [0.25, 0.3) is 0 Å². The number of rotatable bonds is 5. The first-order valence-electron chi connectivity index (χ1n) is 9.41. The van der Waals surface area contributed by atoms with E-state index >= 15 is 4.39 Å². The number of hydrogen-bond acceptors (Lipinski definition) is 4. The predicted molar refractivity (Wildman–Crippen MR) is 105 cm³/mol. The first kappa shape index (κ1) is 19.3. The molecule has 0 radical (unpaired) electrons. The maximum absolute atomic E-state index is 15.1. The number of piperidine rings is 1. The molecule has 3 rings (SSSR count). The zero-order valence-corrected chi connectivity index (χ0v) is 16.3. The number of aryl methyl sites for hydroxylation is 3. The minimum Gasteiger partial charge on any atom is -0.367 e. The lowest BCUT2D eigenvalue weighted by molar-refractivity contribution is -0.132. The summed E-state index contributed by atoms with van der Waals surface area (Å²) in [6, 6.07) is 9.78. The molecule has 1 fully saturated rings. The van der Waals surface area contributed by atoms with Crippen LogP contribution in [0.1, 0.15) is 35.5 Å². The van der Waals surface area contributed by atoms with E-state index in [-0.39, 0.29) is 12.5 Å². The van der Waals surface area contributed by atoms with Crippen LogP contribution in [-0.4, -0.2) is 46.1 Å². The quantitative estimate of drug-likeness (QED) is 0.877. The molecular formula is C21H27FN4O. The molecule has 6 heteroatoms. The van der Waals surface area contributed by atoms with E-state index in [2.05, 4.69) is 15.3 Å². The fraction of sp³-hybridized carbons (Fsp3) is 0.476. The van der Waals surface area contributed by atoms with E-state index in [1.165, 1.54) is 0 Å². The molecule has 1 N–H and O–H groups in total. The number of carbonyl (C=O) groups excluding carboxylic acids is 1.